The molecule has 0 radical (unpaired) electrons. The molecule has 1 aliphatic heterocycles. The molecule has 0 aromatic rings. The van der Waals surface area contributed by atoms with E-state index in [9.17, 15) is 4.79 Å². The third-order valence-corrected chi connectivity index (χ3v) is 4.18. The van der Waals surface area contributed by atoms with Crippen LogP contribution >= 0.6 is 0 Å². The second-order valence-electron chi connectivity index (χ2n) is 5.57. The van der Waals surface area contributed by atoms with Crippen molar-refractivity contribution < 1.29 is 9.53 Å². The molecule has 1 heterocycles. The molecule has 4 heteroatoms. The number of rotatable bonds is 7. The van der Waals surface area contributed by atoms with Gasteiger partial charge < -0.3 is 15.0 Å². The van der Waals surface area contributed by atoms with Crippen molar-refractivity contribution in [1.29, 1.82) is 0 Å². The minimum Gasteiger partial charge on any atom is -0.383 e. The van der Waals surface area contributed by atoms with Crippen LogP contribution in [0.5, 0.6) is 0 Å². The third-order valence-electron chi connectivity index (χ3n) is 4.18. The minimum atomic E-state index is 0.189. The molecular weight excluding hydrogens is 240 g/mol. The molecule has 1 fully saturated rings. The van der Waals surface area contributed by atoms with Crippen molar-refractivity contribution >= 4 is 5.91 Å². The van der Waals surface area contributed by atoms with Crippen LogP contribution in [0, 0.1) is 5.92 Å². The smallest absolute Gasteiger partial charge is 0.226 e. The largest absolute Gasteiger partial charge is 0.383 e. The lowest BCUT2D eigenvalue weighted by atomic mass is 9.91. The van der Waals surface area contributed by atoms with Gasteiger partial charge in [-0.25, -0.2) is 0 Å². The second kappa shape index (κ2) is 8.54. The number of hydrogen-bond donors (Lipinski definition) is 1. The summed E-state index contributed by atoms with van der Waals surface area (Å²) in [6, 6.07) is 0.807. The molecule has 112 valence electrons. The summed E-state index contributed by atoms with van der Waals surface area (Å²) < 4.78 is 5.16. The first-order valence-corrected chi connectivity index (χ1v) is 7.66. The first-order valence-electron chi connectivity index (χ1n) is 7.66. The van der Waals surface area contributed by atoms with Gasteiger partial charge in [-0.3, -0.25) is 4.79 Å². The highest BCUT2D eigenvalue weighted by Gasteiger charge is 2.30. The Labute approximate surface area is 117 Å². The Balaban J connectivity index is 2.68. The number of methoxy groups -OCH3 is 1. The predicted molar refractivity (Wildman–Crippen MR) is 78.1 cm³/mol. The molecule has 0 saturated carbocycles. The van der Waals surface area contributed by atoms with Gasteiger partial charge in [0.05, 0.1) is 6.61 Å². The topological polar surface area (TPSA) is 41.6 Å². The fourth-order valence-corrected chi connectivity index (χ4v) is 2.98. The quantitative estimate of drug-likeness (QED) is 0.770. The number of hydrogen-bond acceptors (Lipinski definition) is 3. The summed E-state index contributed by atoms with van der Waals surface area (Å²) >= 11 is 0. The number of amides is 1. The highest BCUT2D eigenvalue weighted by Crippen LogP contribution is 2.21. The van der Waals surface area contributed by atoms with Crippen molar-refractivity contribution in [2.24, 2.45) is 5.92 Å². The van der Waals surface area contributed by atoms with E-state index >= 15 is 0 Å². The fraction of sp³-hybridized carbons (Fsp3) is 0.933. The zero-order chi connectivity index (χ0) is 14.3. The number of nitrogens with zero attached hydrogens (tertiary/aromatic N) is 1. The van der Waals surface area contributed by atoms with Crippen molar-refractivity contribution in [2.75, 3.05) is 26.8 Å². The zero-order valence-corrected chi connectivity index (χ0v) is 12.9. The summed E-state index contributed by atoms with van der Waals surface area (Å²) in [6.07, 6.45) is 3.97. The van der Waals surface area contributed by atoms with E-state index in [0.29, 0.717) is 24.6 Å². The van der Waals surface area contributed by atoms with Crippen LogP contribution in [0.1, 0.15) is 46.5 Å². The third kappa shape index (κ3) is 4.77. The summed E-state index contributed by atoms with van der Waals surface area (Å²) in [7, 11) is 1.70. The van der Waals surface area contributed by atoms with E-state index in [1.165, 1.54) is 0 Å². The Hall–Kier alpha value is -0.610. The van der Waals surface area contributed by atoms with E-state index in [2.05, 4.69) is 31.0 Å². The molecule has 0 unspecified atom stereocenters. The van der Waals surface area contributed by atoms with Crippen molar-refractivity contribution in [3.05, 3.63) is 0 Å². The predicted octanol–water partition coefficient (Wildman–Crippen LogP) is 2.04. The van der Waals surface area contributed by atoms with Gasteiger partial charge in [-0.05, 0) is 39.2 Å². The van der Waals surface area contributed by atoms with Gasteiger partial charge in [0, 0.05) is 31.7 Å². The van der Waals surface area contributed by atoms with Gasteiger partial charge in [-0.2, -0.15) is 0 Å². The monoisotopic (exact) mass is 270 g/mol. The van der Waals surface area contributed by atoms with Gasteiger partial charge in [-0.1, -0.05) is 13.8 Å². The summed E-state index contributed by atoms with van der Waals surface area (Å²) in [5.74, 6) is 0.521. The maximum Gasteiger partial charge on any atom is 0.226 e. The lowest BCUT2D eigenvalue weighted by molar-refractivity contribution is -0.140. The fourth-order valence-electron chi connectivity index (χ4n) is 2.98. The van der Waals surface area contributed by atoms with Crippen molar-refractivity contribution in [1.82, 2.24) is 10.2 Å². The van der Waals surface area contributed by atoms with Crippen LogP contribution in [-0.4, -0.2) is 49.7 Å². The van der Waals surface area contributed by atoms with Gasteiger partial charge in [0.15, 0.2) is 0 Å². The SMILES string of the molecule is CCC(CC)N(CCOC)C(=O)[C@H]1CCN[C@@H](C)C1. The average Bonchev–Trinajstić information content (AvgIpc) is 2.43. The summed E-state index contributed by atoms with van der Waals surface area (Å²) in [4.78, 5) is 14.8. The van der Waals surface area contributed by atoms with Gasteiger partial charge in [0.2, 0.25) is 5.91 Å². The van der Waals surface area contributed by atoms with E-state index in [-0.39, 0.29) is 5.92 Å². The first-order chi connectivity index (χ1) is 9.13. The molecule has 0 aliphatic carbocycles. The molecule has 1 aliphatic rings. The lowest BCUT2D eigenvalue weighted by Gasteiger charge is -2.36. The maximum atomic E-state index is 12.8. The Morgan fingerprint density at radius 3 is 2.63 bits per heavy atom. The first kappa shape index (κ1) is 16.4. The van der Waals surface area contributed by atoms with E-state index in [1.54, 1.807) is 7.11 Å². The highest BCUT2D eigenvalue weighted by atomic mass is 16.5. The Morgan fingerprint density at radius 2 is 2.11 bits per heavy atom. The van der Waals surface area contributed by atoms with Crippen LogP contribution in [0.3, 0.4) is 0 Å². The van der Waals surface area contributed by atoms with Crippen molar-refractivity contribution in [3.8, 4) is 0 Å². The van der Waals surface area contributed by atoms with Crippen LogP contribution in [0.25, 0.3) is 0 Å². The molecule has 1 rings (SSSR count). The van der Waals surface area contributed by atoms with Gasteiger partial charge in [0.1, 0.15) is 0 Å². The molecule has 2 atom stereocenters. The maximum absolute atomic E-state index is 12.8. The molecule has 4 nitrogen and oxygen atoms in total. The van der Waals surface area contributed by atoms with Crippen LogP contribution in [0.4, 0.5) is 0 Å². The molecule has 0 spiro atoms. The number of carbonyl (C=O) groups excluding carboxylic acids is 1. The Bertz CT molecular complexity index is 267. The molecule has 1 saturated heterocycles. The van der Waals surface area contributed by atoms with Crippen molar-refractivity contribution in [2.45, 2.75) is 58.5 Å². The minimum absolute atomic E-state index is 0.189. The molecule has 1 amide bonds. The normalized spacial score (nSPS) is 23.6. The molecule has 1 N–H and O–H groups in total. The van der Waals surface area contributed by atoms with E-state index in [4.69, 9.17) is 4.74 Å². The standard InChI is InChI=1S/C15H30N2O2/c1-5-14(6-2)17(9-10-19-4)15(18)13-7-8-16-12(3)11-13/h12-14,16H,5-11H2,1-4H3/t12-,13-/m0/s1. The van der Waals surface area contributed by atoms with Crippen molar-refractivity contribution in [3.63, 3.8) is 0 Å². The van der Waals surface area contributed by atoms with Crippen LogP contribution < -0.4 is 5.32 Å². The number of carbonyl (C=O) groups is 1. The highest BCUT2D eigenvalue weighted by molar-refractivity contribution is 5.79. The number of nitrogens with one attached hydrogen (secondary N) is 1. The molecule has 19 heavy (non-hydrogen) atoms. The number of piperidine rings is 1. The summed E-state index contributed by atoms with van der Waals surface area (Å²) in [6.45, 7) is 8.79. The summed E-state index contributed by atoms with van der Waals surface area (Å²) in [5, 5.41) is 3.41. The van der Waals surface area contributed by atoms with Crippen LogP contribution in [0.2, 0.25) is 0 Å². The van der Waals surface area contributed by atoms with Gasteiger partial charge in [-0.15, -0.1) is 0 Å². The van der Waals surface area contributed by atoms with Gasteiger partial charge >= 0.3 is 0 Å². The second-order valence-corrected chi connectivity index (χ2v) is 5.57. The summed E-state index contributed by atoms with van der Waals surface area (Å²) in [5.41, 5.74) is 0. The molecule has 0 aromatic heterocycles. The molecule has 0 aromatic carbocycles. The van der Waals surface area contributed by atoms with Crippen LogP contribution in [-0.2, 0) is 9.53 Å². The Morgan fingerprint density at radius 1 is 1.42 bits per heavy atom. The molecule has 0 bridgehead atoms. The average molecular weight is 270 g/mol. The van der Waals surface area contributed by atoms with E-state index in [0.717, 1.165) is 38.8 Å². The van der Waals surface area contributed by atoms with Gasteiger partial charge in [0.25, 0.3) is 0 Å². The Kier molecular flexibility index (Phi) is 7.39. The zero-order valence-electron chi connectivity index (χ0n) is 12.9. The number of ether oxygens (including phenoxy) is 1. The van der Waals surface area contributed by atoms with Crippen LogP contribution in [0.15, 0.2) is 0 Å². The van der Waals surface area contributed by atoms with E-state index < -0.39 is 0 Å². The van der Waals surface area contributed by atoms with E-state index in [1.807, 2.05) is 0 Å². The molecular formula is C15H30N2O2. The lowest BCUT2D eigenvalue weighted by Crippen LogP contribution is -2.48.